The summed E-state index contributed by atoms with van der Waals surface area (Å²) >= 11 is 3.33. The molecule has 0 bridgehead atoms. The summed E-state index contributed by atoms with van der Waals surface area (Å²) in [5.74, 6) is 1.80. The van der Waals surface area contributed by atoms with Crippen molar-refractivity contribution in [3.8, 4) is 0 Å². The highest BCUT2D eigenvalue weighted by Gasteiger charge is 2.07. The molecule has 0 fully saturated rings. The third-order valence-corrected chi connectivity index (χ3v) is 2.10. The molecule has 0 unspecified atom stereocenters. The fraction of sp³-hybridized carbons (Fsp3) is 0.375. The second kappa shape index (κ2) is 3.06. The number of hydrogen-bond acceptors (Lipinski definition) is 3. The van der Waals surface area contributed by atoms with Crippen molar-refractivity contribution in [2.75, 3.05) is 0 Å². The zero-order valence-corrected chi connectivity index (χ0v) is 8.98. The van der Waals surface area contributed by atoms with Gasteiger partial charge < -0.3 is 0 Å². The summed E-state index contributed by atoms with van der Waals surface area (Å²) in [7, 11) is 0. The molecule has 0 aliphatic heterocycles. The van der Waals surface area contributed by atoms with Gasteiger partial charge in [-0.1, -0.05) is 13.8 Å². The molecule has 0 aliphatic carbocycles. The van der Waals surface area contributed by atoms with Crippen molar-refractivity contribution < 1.29 is 0 Å². The molecule has 2 aromatic heterocycles. The molecule has 68 valence electrons. The first-order valence-corrected chi connectivity index (χ1v) is 4.84. The molecule has 0 aliphatic rings. The Hall–Kier alpha value is -0.970. The number of fused-ring (bicyclic) bond motifs is 1. The van der Waals surface area contributed by atoms with E-state index in [9.17, 15) is 0 Å². The summed E-state index contributed by atoms with van der Waals surface area (Å²) < 4.78 is 2.58. The molecule has 0 amide bonds. The van der Waals surface area contributed by atoms with E-state index in [1.807, 2.05) is 6.20 Å². The van der Waals surface area contributed by atoms with Crippen LogP contribution < -0.4 is 0 Å². The normalized spacial score (nSPS) is 11.4. The molecule has 0 radical (unpaired) electrons. The van der Waals surface area contributed by atoms with E-state index in [2.05, 4.69) is 44.8 Å². The number of hydrogen-bond donors (Lipinski definition) is 0. The lowest BCUT2D eigenvalue weighted by Crippen LogP contribution is -1.91. The van der Waals surface area contributed by atoms with Crippen LogP contribution in [-0.4, -0.2) is 19.6 Å². The van der Waals surface area contributed by atoms with Crippen LogP contribution in [0.2, 0.25) is 0 Å². The summed E-state index contributed by atoms with van der Waals surface area (Å²) in [6.45, 7) is 4.12. The Morgan fingerprint density at radius 3 is 2.92 bits per heavy atom. The minimum absolute atomic E-state index is 0.334. The van der Waals surface area contributed by atoms with Crippen LogP contribution in [-0.2, 0) is 0 Å². The van der Waals surface area contributed by atoms with Crippen LogP contribution in [0.4, 0.5) is 0 Å². The summed E-state index contributed by atoms with van der Waals surface area (Å²) in [5.41, 5.74) is 0. The monoisotopic (exact) mass is 240 g/mol. The minimum Gasteiger partial charge on any atom is -0.218 e. The first-order chi connectivity index (χ1) is 6.16. The average Bonchev–Trinajstić information content (AvgIpc) is 2.46. The van der Waals surface area contributed by atoms with Crippen LogP contribution in [0.5, 0.6) is 0 Å². The van der Waals surface area contributed by atoms with Gasteiger partial charge in [-0.15, -0.1) is 5.10 Å². The maximum Gasteiger partial charge on any atom is 0.252 e. The molecular formula is C8H9BrN4. The second-order valence-corrected chi connectivity index (χ2v) is 4.06. The lowest BCUT2D eigenvalue weighted by atomic mass is 10.2. The van der Waals surface area contributed by atoms with Gasteiger partial charge in [-0.05, 0) is 15.9 Å². The Balaban J connectivity index is 2.62. The fourth-order valence-electron chi connectivity index (χ4n) is 1.02. The molecule has 2 aromatic rings. The Labute approximate surface area is 84.1 Å². The zero-order chi connectivity index (χ0) is 9.42. The lowest BCUT2D eigenvalue weighted by Gasteiger charge is -1.92. The summed E-state index contributed by atoms with van der Waals surface area (Å²) in [6, 6.07) is 0. The van der Waals surface area contributed by atoms with Crippen LogP contribution in [0, 0.1) is 0 Å². The van der Waals surface area contributed by atoms with Crippen LogP contribution >= 0.6 is 15.9 Å². The second-order valence-electron chi connectivity index (χ2n) is 3.14. The lowest BCUT2D eigenvalue weighted by molar-refractivity contribution is 0.764. The Bertz CT molecular complexity index is 435. The van der Waals surface area contributed by atoms with Crippen LogP contribution in [0.15, 0.2) is 16.9 Å². The summed E-state index contributed by atoms with van der Waals surface area (Å²) in [4.78, 5) is 8.40. The van der Waals surface area contributed by atoms with Gasteiger partial charge in [0.15, 0.2) is 5.82 Å². The van der Waals surface area contributed by atoms with Crippen LogP contribution in [0.25, 0.3) is 5.78 Å². The Kier molecular flexibility index (Phi) is 2.03. The van der Waals surface area contributed by atoms with Crippen molar-refractivity contribution in [1.29, 1.82) is 0 Å². The summed E-state index contributed by atoms with van der Waals surface area (Å²) in [5, 5.41) is 4.29. The molecule has 4 nitrogen and oxygen atoms in total. The third-order valence-electron chi connectivity index (χ3n) is 1.70. The van der Waals surface area contributed by atoms with Gasteiger partial charge >= 0.3 is 0 Å². The molecule has 2 rings (SSSR count). The topological polar surface area (TPSA) is 43.1 Å². The van der Waals surface area contributed by atoms with Crippen molar-refractivity contribution in [2.24, 2.45) is 0 Å². The molecule has 2 heterocycles. The number of aromatic nitrogens is 4. The highest BCUT2D eigenvalue weighted by molar-refractivity contribution is 9.10. The fourth-order valence-corrected chi connectivity index (χ4v) is 1.32. The van der Waals surface area contributed by atoms with Crippen molar-refractivity contribution in [3.63, 3.8) is 0 Å². The van der Waals surface area contributed by atoms with Crippen molar-refractivity contribution >= 4 is 21.7 Å². The SMILES string of the molecule is CC(C)c1nc2ncc(Br)cn2n1. The van der Waals surface area contributed by atoms with E-state index in [0.717, 1.165) is 10.3 Å². The molecule has 5 heteroatoms. The molecule has 13 heavy (non-hydrogen) atoms. The first-order valence-electron chi connectivity index (χ1n) is 4.04. The molecular weight excluding hydrogens is 232 g/mol. The quantitative estimate of drug-likeness (QED) is 0.766. The van der Waals surface area contributed by atoms with Gasteiger partial charge in [-0.25, -0.2) is 9.50 Å². The van der Waals surface area contributed by atoms with Crippen LogP contribution in [0.1, 0.15) is 25.6 Å². The number of halogens is 1. The first kappa shape index (κ1) is 8.62. The van der Waals surface area contributed by atoms with Gasteiger partial charge in [-0.3, -0.25) is 0 Å². The van der Waals surface area contributed by atoms with Crippen molar-refractivity contribution in [3.05, 3.63) is 22.7 Å². The maximum absolute atomic E-state index is 4.29. The van der Waals surface area contributed by atoms with Gasteiger partial charge in [0.05, 0.1) is 4.47 Å². The molecule has 0 aromatic carbocycles. The number of rotatable bonds is 1. The van der Waals surface area contributed by atoms with E-state index >= 15 is 0 Å². The smallest absolute Gasteiger partial charge is 0.218 e. The highest BCUT2D eigenvalue weighted by Crippen LogP contribution is 2.12. The maximum atomic E-state index is 4.29. The van der Waals surface area contributed by atoms with Crippen LogP contribution in [0.3, 0.4) is 0 Å². The van der Waals surface area contributed by atoms with E-state index < -0.39 is 0 Å². The van der Waals surface area contributed by atoms with Gasteiger partial charge in [0, 0.05) is 18.3 Å². The van der Waals surface area contributed by atoms with Gasteiger partial charge in [-0.2, -0.15) is 4.98 Å². The standard InChI is InChI=1S/C8H9BrN4/c1-5(2)7-11-8-10-3-6(9)4-13(8)12-7/h3-5H,1-2H3. The zero-order valence-electron chi connectivity index (χ0n) is 7.40. The molecule has 0 atom stereocenters. The van der Waals surface area contributed by atoms with E-state index in [4.69, 9.17) is 0 Å². The molecule has 0 spiro atoms. The van der Waals surface area contributed by atoms with E-state index in [1.165, 1.54) is 0 Å². The third kappa shape index (κ3) is 1.56. The van der Waals surface area contributed by atoms with Gasteiger partial charge in [0.25, 0.3) is 5.78 Å². The molecule has 0 saturated carbocycles. The van der Waals surface area contributed by atoms with E-state index in [0.29, 0.717) is 11.7 Å². The number of nitrogens with zero attached hydrogens (tertiary/aromatic N) is 4. The van der Waals surface area contributed by atoms with E-state index in [1.54, 1.807) is 10.7 Å². The highest BCUT2D eigenvalue weighted by atomic mass is 79.9. The molecule has 0 N–H and O–H groups in total. The van der Waals surface area contributed by atoms with E-state index in [-0.39, 0.29) is 0 Å². The van der Waals surface area contributed by atoms with Crippen molar-refractivity contribution in [2.45, 2.75) is 19.8 Å². The molecule has 0 saturated heterocycles. The Morgan fingerprint density at radius 1 is 1.46 bits per heavy atom. The summed E-state index contributed by atoms with van der Waals surface area (Å²) in [6.07, 6.45) is 3.56. The minimum atomic E-state index is 0.334. The average molecular weight is 241 g/mol. The van der Waals surface area contributed by atoms with Crippen molar-refractivity contribution in [1.82, 2.24) is 19.6 Å². The van der Waals surface area contributed by atoms with Gasteiger partial charge in [0.1, 0.15) is 0 Å². The Morgan fingerprint density at radius 2 is 2.23 bits per heavy atom. The predicted molar refractivity (Wildman–Crippen MR) is 52.6 cm³/mol. The largest absolute Gasteiger partial charge is 0.252 e. The predicted octanol–water partition coefficient (Wildman–Crippen LogP) is 2.01. The van der Waals surface area contributed by atoms with Gasteiger partial charge in [0.2, 0.25) is 0 Å².